The van der Waals surface area contributed by atoms with Crippen molar-refractivity contribution in [1.82, 2.24) is 15.1 Å². The monoisotopic (exact) mass is 563 g/mol. The summed E-state index contributed by atoms with van der Waals surface area (Å²) in [5.41, 5.74) is 0. The Hall–Kier alpha value is -1.00. The number of hydrogen-bond acceptors (Lipinski definition) is 8. The molecule has 2 heterocycles. The van der Waals surface area contributed by atoms with Crippen LogP contribution in [0.5, 0.6) is 0 Å². The van der Waals surface area contributed by atoms with E-state index in [0.29, 0.717) is 43.1 Å². The predicted octanol–water partition coefficient (Wildman–Crippen LogP) is 3.74. The fourth-order valence-electron chi connectivity index (χ4n) is 6.69. The van der Waals surface area contributed by atoms with Gasteiger partial charge in [0.05, 0.1) is 25.4 Å². The van der Waals surface area contributed by atoms with Crippen molar-refractivity contribution in [3.63, 3.8) is 0 Å². The average Bonchev–Trinajstić information content (AvgIpc) is 3.89. The van der Waals surface area contributed by atoms with Crippen LogP contribution in [-0.2, 0) is 14.2 Å². The number of rotatable bonds is 20. The summed E-state index contributed by atoms with van der Waals surface area (Å²) in [6.45, 7) is 8.90. The molecule has 2 aliphatic heterocycles. The van der Waals surface area contributed by atoms with Crippen LogP contribution in [-0.4, -0.2) is 104 Å². The number of nitrogens with one attached hydrogen (secondary N) is 1. The van der Waals surface area contributed by atoms with E-state index in [1.165, 1.54) is 25.7 Å². The predicted molar refractivity (Wildman–Crippen MR) is 159 cm³/mol. The number of nitrogens with zero attached hydrogens (tertiary/aromatic N) is 2. The van der Waals surface area contributed by atoms with Gasteiger partial charge in [-0.15, -0.1) is 6.58 Å². The van der Waals surface area contributed by atoms with Gasteiger partial charge in [-0.1, -0.05) is 12.2 Å². The van der Waals surface area contributed by atoms with E-state index >= 15 is 0 Å². The standard InChI is InChI=1S/C32H57N3O5/c1-4-24(7-6-18-38-3)21-28(40-20-19-39-27-11-12-27)8-5-16-35(26-9-10-26)32(37)30-23-33-15-13-29(30)25-14-17-34(2)31(36)22-25/h4,14,17,24-33,36-37H,1,5-13,15-16,18-23H2,2-3H3/t24?,25?,28?,29-,30+,31?,32?/m1/s1. The molecule has 8 heteroatoms. The van der Waals surface area contributed by atoms with Crippen LogP contribution in [0.15, 0.2) is 24.9 Å². The molecule has 0 aromatic heterocycles. The molecule has 4 aliphatic rings. The van der Waals surface area contributed by atoms with Crippen molar-refractivity contribution < 1.29 is 24.4 Å². The van der Waals surface area contributed by atoms with E-state index in [4.69, 9.17) is 14.2 Å². The Morgan fingerprint density at radius 1 is 1.12 bits per heavy atom. The van der Waals surface area contributed by atoms with Crippen LogP contribution in [0.2, 0.25) is 0 Å². The van der Waals surface area contributed by atoms with Crippen molar-refractivity contribution in [1.29, 1.82) is 0 Å². The maximum Gasteiger partial charge on any atom is 0.126 e. The molecule has 7 atom stereocenters. The summed E-state index contributed by atoms with van der Waals surface area (Å²) in [6, 6.07) is 0.484. The Bertz CT molecular complexity index is 761. The molecule has 5 unspecified atom stereocenters. The zero-order valence-electron chi connectivity index (χ0n) is 25.2. The maximum atomic E-state index is 11.8. The molecule has 40 heavy (non-hydrogen) atoms. The maximum absolute atomic E-state index is 11.8. The van der Waals surface area contributed by atoms with Crippen molar-refractivity contribution in [3.8, 4) is 0 Å². The Kier molecular flexibility index (Phi) is 13.2. The number of aliphatic hydroxyl groups excluding tert-OH is 2. The van der Waals surface area contributed by atoms with Crippen LogP contribution in [0, 0.1) is 23.7 Å². The number of methoxy groups -OCH3 is 1. The number of piperidine rings is 1. The van der Waals surface area contributed by atoms with E-state index in [1.807, 2.05) is 18.1 Å². The van der Waals surface area contributed by atoms with E-state index in [2.05, 4.69) is 28.9 Å². The minimum absolute atomic E-state index is 0.164. The first-order chi connectivity index (χ1) is 19.5. The first-order valence-corrected chi connectivity index (χ1v) is 16.1. The lowest BCUT2D eigenvalue weighted by atomic mass is 9.73. The summed E-state index contributed by atoms with van der Waals surface area (Å²) in [5, 5.41) is 25.8. The summed E-state index contributed by atoms with van der Waals surface area (Å²) in [6.07, 6.45) is 17.6. The molecule has 3 N–H and O–H groups in total. The second-order valence-corrected chi connectivity index (χ2v) is 12.7. The molecule has 0 aromatic rings. The highest BCUT2D eigenvalue weighted by Gasteiger charge is 2.42. The van der Waals surface area contributed by atoms with Gasteiger partial charge in [-0.2, -0.15) is 0 Å². The van der Waals surface area contributed by atoms with E-state index in [0.717, 1.165) is 71.2 Å². The highest BCUT2D eigenvalue weighted by molar-refractivity contribution is 5.01. The lowest BCUT2D eigenvalue weighted by molar-refractivity contribution is -0.0842. The van der Waals surface area contributed by atoms with Gasteiger partial charge in [0.15, 0.2) is 0 Å². The molecule has 2 saturated carbocycles. The summed E-state index contributed by atoms with van der Waals surface area (Å²) >= 11 is 0. The Morgan fingerprint density at radius 3 is 2.65 bits per heavy atom. The lowest BCUT2D eigenvalue weighted by Gasteiger charge is -2.44. The Labute approximate surface area is 243 Å². The molecule has 0 aromatic carbocycles. The van der Waals surface area contributed by atoms with Gasteiger partial charge in [-0.3, -0.25) is 4.90 Å². The lowest BCUT2D eigenvalue weighted by Crippen LogP contribution is -2.53. The van der Waals surface area contributed by atoms with Gasteiger partial charge in [-0.25, -0.2) is 0 Å². The van der Waals surface area contributed by atoms with Gasteiger partial charge >= 0.3 is 0 Å². The average molecular weight is 564 g/mol. The van der Waals surface area contributed by atoms with Crippen molar-refractivity contribution in [2.45, 2.75) is 101 Å². The number of ether oxygens (including phenoxy) is 3. The third-order valence-electron chi connectivity index (χ3n) is 9.47. The molecular formula is C32H57N3O5. The second-order valence-electron chi connectivity index (χ2n) is 12.7. The topological polar surface area (TPSA) is 86.7 Å². The van der Waals surface area contributed by atoms with E-state index in [9.17, 15) is 10.2 Å². The SMILES string of the molecule is C=CC(CCCOC)CC(CCCN(C1CC1)C(O)[C@H]1CNCC[C@@H]1C1C=CN(C)C(O)C1)OCCOC1CC1. The largest absolute Gasteiger partial charge is 0.385 e. The van der Waals surface area contributed by atoms with Gasteiger partial charge < -0.3 is 34.6 Å². The van der Waals surface area contributed by atoms with Gasteiger partial charge in [0.1, 0.15) is 12.5 Å². The molecule has 8 nitrogen and oxygen atoms in total. The number of hydrogen-bond donors (Lipinski definition) is 3. The molecule has 0 amide bonds. The number of aliphatic hydroxyl groups is 2. The first kappa shape index (κ1) is 31.9. The zero-order valence-corrected chi connectivity index (χ0v) is 25.2. The first-order valence-electron chi connectivity index (χ1n) is 16.1. The third-order valence-corrected chi connectivity index (χ3v) is 9.47. The van der Waals surface area contributed by atoms with Crippen LogP contribution in [0.3, 0.4) is 0 Å². The highest BCUT2D eigenvalue weighted by Crippen LogP contribution is 2.39. The van der Waals surface area contributed by atoms with Crippen LogP contribution >= 0.6 is 0 Å². The second kappa shape index (κ2) is 16.6. The molecular weight excluding hydrogens is 506 g/mol. The molecule has 0 bridgehead atoms. The summed E-state index contributed by atoms with van der Waals surface area (Å²) in [4.78, 5) is 4.27. The minimum Gasteiger partial charge on any atom is -0.385 e. The molecule has 3 fully saturated rings. The summed E-state index contributed by atoms with van der Waals surface area (Å²) < 4.78 is 17.5. The molecule has 0 radical (unpaired) electrons. The smallest absolute Gasteiger partial charge is 0.126 e. The van der Waals surface area contributed by atoms with Crippen LogP contribution in [0.25, 0.3) is 0 Å². The molecule has 1 saturated heterocycles. The van der Waals surface area contributed by atoms with Gasteiger partial charge in [0.2, 0.25) is 0 Å². The summed E-state index contributed by atoms with van der Waals surface area (Å²) in [7, 11) is 3.68. The van der Waals surface area contributed by atoms with Crippen molar-refractivity contribution in [2.75, 3.05) is 53.6 Å². The Morgan fingerprint density at radius 2 is 1.95 bits per heavy atom. The molecule has 4 rings (SSSR count). The quantitative estimate of drug-likeness (QED) is 0.117. The van der Waals surface area contributed by atoms with E-state index in [1.54, 1.807) is 7.11 Å². The normalized spacial score (nSPS) is 29.5. The van der Waals surface area contributed by atoms with E-state index < -0.39 is 12.5 Å². The minimum atomic E-state index is -0.461. The fourth-order valence-corrected chi connectivity index (χ4v) is 6.69. The Balaban J connectivity index is 1.31. The van der Waals surface area contributed by atoms with Crippen molar-refractivity contribution >= 4 is 0 Å². The number of allylic oxidation sites excluding steroid dienone is 2. The van der Waals surface area contributed by atoms with Crippen molar-refractivity contribution in [2.24, 2.45) is 23.7 Å². The van der Waals surface area contributed by atoms with Gasteiger partial charge in [-0.05, 0) is 101 Å². The molecule has 2 aliphatic carbocycles. The molecule has 230 valence electrons. The van der Waals surface area contributed by atoms with Crippen LogP contribution in [0.4, 0.5) is 0 Å². The highest BCUT2D eigenvalue weighted by atomic mass is 16.5. The van der Waals surface area contributed by atoms with Crippen molar-refractivity contribution in [3.05, 3.63) is 24.9 Å². The molecule has 0 spiro atoms. The fraction of sp³-hybridized carbons (Fsp3) is 0.875. The third kappa shape index (κ3) is 10.1. The zero-order chi connectivity index (χ0) is 28.3. The summed E-state index contributed by atoms with van der Waals surface area (Å²) in [5.74, 6) is 1.26. The van der Waals surface area contributed by atoms with E-state index in [-0.39, 0.29) is 12.0 Å². The van der Waals surface area contributed by atoms with Gasteiger partial charge in [0.25, 0.3) is 0 Å². The van der Waals surface area contributed by atoms with Crippen LogP contribution in [0.1, 0.15) is 70.6 Å². The van der Waals surface area contributed by atoms with Gasteiger partial charge in [0, 0.05) is 45.8 Å². The van der Waals surface area contributed by atoms with Crippen LogP contribution < -0.4 is 5.32 Å².